The van der Waals surface area contributed by atoms with Gasteiger partial charge in [0, 0.05) is 12.6 Å². The van der Waals surface area contributed by atoms with Crippen molar-refractivity contribution in [1.29, 1.82) is 0 Å². The Balaban J connectivity index is 2.20. The fourth-order valence-corrected chi connectivity index (χ4v) is 3.13. The summed E-state index contributed by atoms with van der Waals surface area (Å²) in [7, 11) is -3.49. The topological polar surface area (TPSA) is 78.4 Å². The van der Waals surface area contributed by atoms with E-state index in [-0.39, 0.29) is 17.5 Å². The molecule has 1 aliphatic carbocycles. The van der Waals surface area contributed by atoms with Crippen molar-refractivity contribution in [3.05, 3.63) is 24.3 Å². The second-order valence-electron chi connectivity index (χ2n) is 5.56. The van der Waals surface area contributed by atoms with Crippen LogP contribution in [0.5, 0.6) is 0 Å². The fraction of sp³-hybridized carbons (Fsp3) is 0.538. The van der Waals surface area contributed by atoms with E-state index in [1.807, 2.05) is 0 Å². The van der Waals surface area contributed by atoms with Gasteiger partial charge < -0.3 is 10.4 Å². The average Bonchev–Trinajstić information content (AvgIpc) is 3.09. The van der Waals surface area contributed by atoms with Crippen molar-refractivity contribution in [2.24, 2.45) is 0 Å². The highest BCUT2D eigenvalue weighted by molar-refractivity contribution is 7.89. The molecule has 0 radical (unpaired) electrons. The van der Waals surface area contributed by atoms with Gasteiger partial charge in [0.05, 0.1) is 11.3 Å². The fourth-order valence-electron chi connectivity index (χ4n) is 1.64. The lowest BCUT2D eigenvalue weighted by molar-refractivity contribution is 0.0944. The lowest BCUT2D eigenvalue weighted by Crippen LogP contribution is -2.31. The van der Waals surface area contributed by atoms with Gasteiger partial charge in [-0.2, -0.15) is 0 Å². The van der Waals surface area contributed by atoms with Crippen molar-refractivity contribution in [2.75, 3.05) is 11.9 Å². The van der Waals surface area contributed by atoms with Crippen LogP contribution in [0, 0.1) is 0 Å². The SMILES string of the molecule is CC(C)(O)CNc1ccccc1S(=O)(=O)NC1CC1. The molecule has 0 atom stereocenters. The zero-order chi connectivity index (χ0) is 14.1. The van der Waals surface area contributed by atoms with Gasteiger partial charge in [0.2, 0.25) is 10.0 Å². The largest absolute Gasteiger partial charge is 0.389 e. The van der Waals surface area contributed by atoms with Crippen LogP contribution in [0.15, 0.2) is 29.2 Å². The first-order chi connectivity index (χ1) is 8.78. The molecule has 0 spiro atoms. The minimum atomic E-state index is -3.49. The number of aliphatic hydroxyl groups is 1. The molecule has 0 bridgehead atoms. The standard InChI is InChI=1S/C13H20N2O3S/c1-13(2,16)9-14-11-5-3-4-6-12(11)19(17,18)15-10-7-8-10/h3-6,10,14-16H,7-9H2,1-2H3. The minimum Gasteiger partial charge on any atom is -0.389 e. The molecule has 1 saturated carbocycles. The summed E-state index contributed by atoms with van der Waals surface area (Å²) in [5, 5.41) is 12.7. The predicted octanol–water partition coefficient (Wildman–Crippen LogP) is 1.31. The Bertz CT molecular complexity index is 545. The summed E-state index contributed by atoms with van der Waals surface area (Å²) in [6, 6.07) is 6.80. The lowest BCUT2D eigenvalue weighted by Gasteiger charge is -2.20. The van der Waals surface area contributed by atoms with Crippen LogP contribution >= 0.6 is 0 Å². The maximum absolute atomic E-state index is 12.2. The van der Waals surface area contributed by atoms with Crippen LogP contribution in [0.3, 0.4) is 0 Å². The summed E-state index contributed by atoms with van der Waals surface area (Å²) in [6.07, 6.45) is 1.80. The molecule has 3 N–H and O–H groups in total. The molecule has 1 fully saturated rings. The Morgan fingerprint density at radius 2 is 1.95 bits per heavy atom. The minimum absolute atomic E-state index is 0.0762. The van der Waals surface area contributed by atoms with Crippen molar-refractivity contribution in [3.63, 3.8) is 0 Å². The first kappa shape index (κ1) is 14.3. The molecule has 5 nitrogen and oxygen atoms in total. The molecule has 0 amide bonds. The number of anilines is 1. The molecule has 1 aromatic carbocycles. The molecule has 19 heavy (non-hydrogen) atoms. The van der Waals surface area contributed by atoms with Gasteiger partial charge in [0.15, 0.2) is 0 Å². The maximum Gasteiger partial charge on any atom is 0.242 e. The molecule has 2 rings (SSSR count). The Kier molecular flexibility index (Phi) is 3.85. The second kappa shape index (κ2) is 5.11. The van der Waals surface area contributed by atoms with E-state index in [0.717, 1.165) is 12.8 Å². The molecule has 106 valence electrons. The van der Waals surface area contributed by atoms with Gasteiger partial charge in [0.25, 0.3) is 0 Å². The van der Waals surface area contributed by atoms with Crippen LogP contribution < -0.4 is 10.0 Å². The summed E-state index contributed by atoms with van der Waals surface area (Å²) in [5.74, 6) is 0. The number of hydrogen-bond acceptors (Lipinski definition) is 4. The zero-order valence-corrected chi connectivity index (χ0v) is 12.0. The normalized spacial score (nSPS) is 16.4. The highest BCUT2D eigenvalue weighted by Crippen LogP contribution is 2.26. The molecule has 6 heteroatoms. The van der Waals surface area contributed by atoms with Crippen molar-refractivity contribution < 1.29 is 13.5 Å². The van der Waals surface area contributed by atoms with Gasteiger partial charge in [-0.1, -0.05) is 12.1 Å². The van der Waals surface area contributed by atoms with E-state index in [1.165, 1.54) is 0 Å². The lowest BCUT2D eigenvalue weighted by atomic mass is 10.1. The Morgan fingerprint density at radius 1 is 1.32 bits per heavy atom. The molecule has 0 unspecified atom stereocenters. The van der Waals surface area contributed by atoms with Crippen LogP contribution in [0.4, 0.5) is 5.69 Å². The van der Waals surface area contributed by atoms with Gasteiger partial charge in [-0.05, 0) is 38.8 Å². The van der Waals surface area contributed by atoms with Crippen LogP contribution in [0.25, 0.3) is 0 Å². The molecule has 0 aliphatic heterocycles. The smallest absolute Gasteiger partial charge is 0.242 e. The summed E-state index contributed by atoms with van der Waals surface area (Å²) < 4.78 is 27.1. The number of sulfonamides is 1. The van der Waals surface area contributed by atoms with Crippen molar-refractivity contribution in [2.45, 2.75) is 43.2 Å². The van der Waals surface area contributed by atoms with E-state index in [9.17, 15) is 13.5 Å². The Morgan fingerprint density at radius 3 is 2.53 bits per heavy atom. The number of nitrogens with one attached hydrogen (secondary N) is 2. The number of hydrogen-bond donors (Lipinski definition) is 3. The molecule has 1 aliphatic rings. The zero-order valence-electron chi connectivity index (χ0n) is 11.2. The van der Waals surface area contributed by atoms with E-state index in [1.54, 1.807) is 38.1 Å². The highest BCUT2D eigenvalue weighted by atomic mass is 32.2. The van der Waals surface area contributed by atoms with Gasteiger partial charge in [-0.3, -0.25) is 0 Å². The van der Waals surface area contributed by atoms with Crippen molar-refractivity contribution in [1.82, 2.24) is 4.72 Å². The van der Waals surface area contributed by atoms with E-state index < -0.39 is 15.6 Å². The van der Waals surface area contributed by atoms with E-state index in [4.69, 9.17) is 0 Å². The first-order valence-corrected chi connectivity index (χ1v) is 7.84. The highest BCUT2D eigenvalue weighted by Gasteiger charge is 2.29. The molecule has 0 saturated heterocycles. The third-order valence-electron chi connectivity index (χ3n) is 2.79. The number of benzene rings is 1. The monoisotopic (exact) mass is 284 g/mol. The van der Waals surface area contributed by atoms with E-state index >= 15 is 0 Å². The summed E-state index contributed by atoms with van der Waals surface area (Å²) in [5.41, 5.74) is -0.390. The summed E-state index contributed by atoms with van der Waals surface area (Å²) in [6.45, 7) is 3.61. The number of rotatable bonds is 6. The molecular weight excluding hydrogens is 264 g/mol. The third kappa shape index (κ3) is 4.19. The van der Waals surface area contributed by atoms with Crippen molar-refractivity contribution in [3.8, 4) is 0 Å². The van der Waals surface area contributed by atoms with Gasteiger partial charge in [0.1, 0.15) is 4.90 Å². The van der Waals surface area contributed by atoms with Gasteiger partial charge in [-0.25, -0.2) is 13.1 Å². The van der Waals surface area contributed by atoms with Crippen LogP contribution in [-0.4, -0.2) is 31.7 Å². The average molecular weight is 284 g/mol. The molecule has 0 aromatic heterocycles. The van der Waals surface area contributed by atoms with Crippen LogP contribution in [-0.2, 0) is 10.0 Å². The Hall–Kier alpha value is -1.11. The van der Waals surface area contributed by atoms with Crippen LogP contribution in [0.2, 0.25) is 0 Å². The number of para-hydroxylation sites is 1. The first-order valence-electron chi connectivity index (χ1n) is 6.35. The second-order valence-corrected chi connectivity index (χ2v) is 7.24. The predicted molar refractivity (Wildman–Crippen MR) is 74.6 cm³/mol. The molecule has 1 aromatic rings. The van der Waals surface area contributed by atoms with Crippen LogP contribution in [0.1, 0.15) is 26.7 Å². The van der Waals surface area contributed by atoms with Gasteiger partial charge >= 0.3 is 0 Å². The third-order valence-corrected chi connectivity index (χ3v) is 4.37. The Labute approximate surface area is 114 Å². The summed E-state index contributed by atoms with van der Waals surface area (Å²) >= 11 is 0. The van der Waals surface area contributed by atoms with Crippen molar-refractivity contribution >= 4 is 15.7 Å². The van der Waals surface area contributed by atoms with E-state index in [2.05, 4.69) is 10.0 Å². The maximum atomic E-state index is 12.2. The summed E-state index contributed by atoms with van der Waals surface area (Å²) in [4.78, 5) is 0.228. The quantitative estimate of drug-likeness (QED) is 0.736. The molecular formula is C13H20N2O3S. The molecule has 0 heterocycles. The van der Waals surface area contributed by atoms with Gasteiger partial charge in [-0.15, -0.1) is 0 Å². The van der Waals surface area contributed by atoms with E-state index in [0.29, 0.717) is 5.69 Å².